The summed E-state index contributed by atoms with van der Waals surface area (Å²) in [5.41, 5.74) is 0. The second-order valence-corrected chi connectivity index (χ2v) is 4.14. The van der Waals surface area contributed by atoms with Crippen LogP contribution in [0.5, 0.6) is 0 Å². The third-order valence-corrected chi connectivity index (χ3v) is 2.42. The molecular weight excluding hydrogens is 222 g/mol. The molecule has 6 nitrogen and oxygen atoms in total. The van der Waals surface area contributed by atoms with Crippen LogP contribution in [0.3, 0.4) is 0 Å². The van der Waals surface area contributed by atoms with Gasteiger partial charge in [-0.05, 0) is 5.92 Å². The Morgan fingerprint density at radius 3 is 2.76 bits per heavy atom. The first kappa shape index (κ1) is 13.2. The van der Waals surface area contributed by atoms with Crippen molar-refractivity contribution in [2.24, 2.45) is 13.0 Å². The van der Waals surface area contributed by atoms with Crippen molar-refractivity contribution >= 4 is 11.9 Å². The number of carboxylic acids is 1. The molecule has 0 aliphatic carbocycles. The predicted octanol–water partition coefficient (Wildman–Crippen LogP) is 0.537. The van der Waals surface area contributed by atoms with Crippen LogP contribution in [-0.2, 0) is 23.2 Å². The zero-order valence-electron chi connectivity index (χ0n) is 10.0. The monoisotopic (exact) mass is 239 g/mol. The van der Waals surface area contributed by atoms with Gasteiger partial charge in [0, 0.05) is 32.3 Å². The van der Waals surface area contributed by atoms with Crippen LogP contribution in [-0.4, -0.2) is 26.5 Å². The van der Waals surface area contributed by atoms with E-state index in [0.29, 0.717) is 6.54 Å². The highest BCUT2D eigenvalue weighted by Crippen LogP contribution is 2.07. The van der Waals surface area contributed by atoms with Gasteiger partial charge in [-0.15, -0.1) is 0 Å². The van der Waals surface area contributed by atoms with E-state index in [1.807, 2.05) is 11.6 Å². The van der Waals surface area contributed by atoms with Crippen molar-refractivity contribution in [1.82, 2.24) is 14.9 Å². The molecule has 1 unspecified atom stereocenters. The van der Waals surface area contributed by atoms with E-state index in [1.165, 1.54) is 0 Å². The second kappa shape index (κ2) is 6.03. The average Bonchev–Trinajstić information content (AvgIpc) is 2.59. The number of hydrogen-bond acceptors (Lipinski definition) is 3. The van der Waals surface area contributed by atoms with E-state index in [-0.39, 0.29) is 24.7 Å². The van der Waals surface area contributed by atoms with E-state index in [0.717, 1.165) is 5.82 Å². The smallest absolute Gasteiger partial charge is 0.303 e. The molecule has 0 aromatic carbocycles. The zero-order chi connectivity index (χ0) is 12.8. The molecule has 6 heteroatoms. The Morgan fingerprint density at radius 2 is 2.24 bits per heavy atom. The summed E-state index contributed by atoms with van der Waals surface area (Å²) in [6.07, 6.45) is 3.69. The minimum absolute atomic E-state index is 0.00975. The van der Waals surface area contributed by atoms with Gasteiger partial charge in [0.15, 0.2) is 0 Å². The molecule has 1 rings (SSSR count). The van der Waals surface area contributed by atoms with Crippen molar-refractivity contribution in [1.29, 1.82) is 0 Å². The number of imidazole rings is 1. The molecule has 1 aromatic rings. The lowest BCUT2D eigenvalue weighted by molar-refractivity contribution is -0.138. The fourth-order valence-electron chi connectivity index (χ4n) is 1.50. The van der Waals surface area contributed by atoms with Crippen molar-refractivity contribution in [3.05, 3.63) is 18.2 Å². The Morgan fingerprint density at radius 1 is 1.53 bits per heavy atom. The number of carbonyl (C=O) groups is 2. The summed E-state index contributed by atoms with van der Waals surface area (Å²) in [7, 11) is 1.85. The molecule has 0 aliphatic rings. The van der Waals surface area contributed by atoms with Gasteiger partial charge in [0.1, 0.15) is 5.82 Å². The molecule has 0 fully saturated rings. The van der Waals surface area contributed by atoms with Gasteiger partial charge >= 0.3 is 5.97 Å². The molecular formula is C11H17N3O3. The van der Waals surface area contributed by atoms with Crippen LogP contribution < -0.4 is 5.32 Å². The molecule has 0 spiro atoms. The number of carbonyl (C=O) groups excluding carboxylic acids is 1. The lowest BCUT2D eigenvalue weighted by Crippen LogP contribution is -2.26. The Bertz CT molecular complexity index is 400. The van der Waals surface area contributed by atoms with E-state index in [4.69, 9.17) is 5.11 Å². The minimum Gasteiger partial charge on any atom is -0.481 e. The molecule has 0 saturated carbocycles. The van der Waals surface area contributed by atoms with E-state index < -0.39 is 5.97 Å². The van der Waals surface area contributed by atoms with E-state index >= 15 is 0 Å². The first-order valence-electron chi connectivity index (χ1n) is 5.43. The summed E-state index contributed by atoms with van der Waals surface area (Å²) in [5.74, 6) is -0.422. The average molecular weight is 239 g/mol. The fraction of sp³-hybridized carbons (Fsp3) is 0.545. The topological polar surface area (TPSA) is 84.2 Å². The number of rotatable bonds is 6. The number of nitrogens with zero attached hydrogens (tertiary/aromatic N) is 2. The number of aromatic nitrogens is 2. The third kappa shape index (κ3) is 4.67. The van der Waals surface area contributed by atoms with E-state index in [9.17, 15) is 9.59 Å². The van der Waals surface area contributed by atoms with E-state index in [1.54, 1.807) is 19.3 Å². The Hall–Kier alpha value is -1.85. The van der Waals surface area contributed by atoms with Gasteiger partial charge in [-0.1, -0.05) is 6.92 Å². The quantitative estimate of drug-likeness (QED) is 0.758. The third-order valence-electron chi connectivity index (χ3n) is 2.42. The molecule has 0 radical (unpaired) electrons. The first-order valence-corrected chi connectivity index (χ1v) is 5.43. The van der Waals surface area contributed by atoms with Gasteiger partial charge in [-0.2, -0.15) is 0 Å². The largest absolute Gasteiger partial charge is 0.481 e. The molecule has 1 amide bonds. The lowest BCUT2D eigenvalue weighted by atomic mass is 10.0. The molecule has 1 atom stereocenters. The van der Waals surface area contributed by atoms with Gasteiger partial charge in [0.05, 0.1) is 6.54 Å². The summed E-state index contributed by atoms with van der Waals surface area (Å²) >= 11 is 0. The van der Waals surface area contributed by atoms with Crippen LogP contribution in [0, 0.1) is 5.92 Å². The highest BCUT2D eigenvalue weighted by atomic mass is 16.4. The summed E-state index contributed by atoms with van der Waals surface area (Å²) in [6, 6.07) is 0. The SMILES string of the molecule is CC(CC(=O)O)CC(=O)NCc1nccn1C. The number of amides is 1. The summed E-state index contributed by atoms with van der Waals surface area (Å²) in [4.78, 5) is 26.0. The number of nitrogens with one attached hydrogen (secondary N) is 1. The predicted molar refractivity (Wildman–Crippen MR) is 61.1 cm³/mol. The van der Waals surface area contributed by atoms with Crippen molar-refractivity contribution < 1.29 is 14.7 Å². The normalized spacial score (nSPS) is 12.1. The number of carboxylic acid groups (broad SMARTS) is 1. The molecule has 94 valence electrons. The van der Waals surface area contributed by atoms with Gasteiger partial charge in [0.25, 0.3) is 0 Å². The van der Waals surface area contributed by atoms with E-state index in [2.05, 4.69) is 10.3 Å². The minimum atomic E-state index is -0.880. The molecule has 1 aromatic heterocycles. The van der Waals surface area contributed by atoms with Crippen molar-refractivity contribution in [3.8, 4) is 0 Å². The molecule has 0 bridgehead atoms. The highest BCUT2D eigenvalue weighted by molar-refractivity contribution is 5.77. The van der Waals surface area contributed by atoms with Gasteiger partial charge < -0.3 is 15.0 Å². The molecule has 2 N–H and O–H groups in total. The van der Waals surface area contributed by atoms with Crippen LogP contribution in [0.2, 0.25) is 0 Å². The van der Waals surface area contributed by atoms with Crippen LogP contribution >= 0.6 is 0 Å². The van der Waals surface area contributed by atoms with Crippen molar-refractivity contribution in [3.63, 3.8) is 0 Å². The molecule has 0 saturated heterocycles. The summed E-state index contributed by atoms with van der Waals surface area (Å²) < 4.78 is 1.82. The molecule has 1 heterocycles. The van der Waals surface area contributed by atoms with Crippen LogP contribution in [0.1, 0.15) is 25.6 Å². The van der Waals surface area contributed by atoms with Crippen LogP contribution in [0.15, 0.2) is 12.4 Å². The van der Waals surface area contributed by atoms with Gasteiger partial charge in [0.2, 0.25) is 5.91 Å². The number of aryl methyl sites for hydroxylation is 1. The second-order valence-electron chi connectivity index (χ2n) is 4.14. The molecule has 0 aliphatic heterocycles. The Balaban J connectivity index is 2.30. The van der Waals surface area contributed by atoms with Gasteiger partial charge in [-0.3, -0.25) is 9.59 Å². The fourth-order valence-corrected chi connectivity index (χ4v) is 1.50. The summed E-state index contributed by atoms with van der Waals surface area (Å²) in [5, 5.41) is 11.3. The van der Waals surface area contributed by atoms with Gasteiger partial charge in [-0.25, -0.2) is 4.98 Å². The standard InChI is InChI=1S/C11H17N3O3/c1-8(6-11(16)17)5-10(15)13-7-9-12-3-4-14(9)2/h3-4,8H,5-7H2,1-2H3,(H,13,15)(H,16,17). The number of hydrogen-bond donors (Lipinski definition) is 2. The maximum Gasteiger partial charge on any atom is 0.303 e. The Labute approximate surface area is 99.7 Å². The number of aliphatic carboxylic acids is 1. The van der Waals surface area contributed by atoms with Crippen LogP contribution in [0.25, 0.3) is 0 Å². The Kier molecular flexibility index (Phi) is 4.68. The maximum atomic E-state index is 11.5. The highest BCUT2D eigenvalue weighted by Gasteiger charge is 2.12. The molecule has 17 heavy (non-hydrogen) atoms. The van der Waals surface area contributed by atoms with Crippen molar-refractivity contribution in [2.45, 2.75) is 26.3 Å². The van der Waals surface area contributed by atoms with Crippen LogP contribution in [0.4, 0.5) is 0 Å². The first-order chi connectivity index (χ1) is 7.99. The zero-order valence-corrected chi connectivity index (χ0v) is 10.0. The lowest BCUT2D eigenvalue weighted by Gasteiger charge is -2.09. The summed E-state index contributed by atoms with van der Waals surface area (Å²) in [6.45, 7) is 2.11. The van der Waals surface area contributed by atoms with Crippen molar-refractivity contribution in [2.75, 3.05) is 0 Å². The maximum absolute atomic E-state index is 11.5.